The van der Waals surface area contributed by atoms with Gasteiger partial charge in [-0.2, -0.15) is 0 Å². The van der Waals surface area contributed by atoms with Gasteiger partial charge in [-0.1, -0.05) is 54.1 Å². The Kier molecular flexibility index (Phi) is 5.19. The van der Waals surface area contributed by atoms with Crippen LogP contribution >= 0.6 is 11.6 Å². The van der Waals surface area contributed by atoms with Crippen molar-refractivity contribution in [2.75, 3.05) is 0 Å². The first-order valence-corrected chi connectivity index (χ1v) is 7.31. The number of carboxylic acid groups (broad SMARTS) is 1. The van der Waals surface area contributed by atoms with Gasteiger partial charge in [0.1, 0.15) is 5.75 Å². The van der Waals surface area contributed by atoms with Crippen LogP contribution in [0.15, 0.2) is 48.5 Å². The summed E-state index contributed by atoms with van der Waals surface area (Å²) in [5.74, 6) is -2.76. The second-order valence-electron chi connectivity index (χ2n) is 5.03. The van der Waals surface area contributed by atoms with Gasteiger partial charge in [0.05, 0.1) is 16.5 Å². The largest absolute Gasteiger partial charge is 0.506 e. The Morgan fingerprint density at radius 1 is 1.13 bits per heavy atom. The Balaban J connectivity index is 2.30. The zero-order chi connectivity index (χ0) is 17.0. The third-order valence-electron chi connectivity index (χ3n) is 3.48. The average Bonchev–Trinajstić information content (AvgIpc) is 2.55. The van der Waals surface area contributed by atoms with E-state index in [2.05, 4.69) is 0 Å². The van der Waals surface area contributed by atoms with E-state index in [0.29, 0.717) is 0 Å². The number of aliphatic carboxylic acids is 1. The zero-order valence-electron chi connectivity index (χ0n) is 12.4. The summed E-state index contributed by atoms with van der Waals surface area (Å²) >= 11 is 6.01. The minimum atomic E-state index is -1.06. The lowest BCUT2D eigenvalue weighted by molar-refractivity contribution is -0.138. The fourth-order valence-electron chi connectivity index (χ4n) is 2.07. The molecule has 0 heterocycles. The number of halogens is 1. The summed E-state index contributed by atoms with van der Waals surface area (Å²) in [6.45, 7) is 1.46. The van der Waals surface area contributed by atoms with Gasteiger partial charge in [0, 0.05) is 0 Å². The molecule has 1 atom stereocenters. The molecule has 0 aliphatic carbocycles. The van der Waals surface area contributed by atoms with Crippen LogP contribution in [0.2, 0.25) is 5.02 Å². The second kappa shape index (κ2) is 7.11. The highest BCUT2D eigenvalue weighted by molar-refractivity contribution is 6.34. The van der Waals surface area contributed by atoms with Gasteiger partial charge in [-0.3, -0.25) is 9.59 Å². The van der Waals surface area contributed by atoms with Crippen LogP contribution < -0.4 is 0 Å². The fraction of sp³-hybridized carbons (Fsp3) is 0.111. The molecule has 0 spiro atoms. The van der Waals surface area contributed by atoms with Crippen LogP contribution in [0, 0.1) is 0 Å². The van der Waals surface area contributed by atoms with Crippen LogP contribution in [0.5, 0.6) is 5.75 Å². The van der Waals surface area contributed by atoms with Crippen molar-refractivity contribution in [2.45, 2.75) is 12.8 Å². The number of benzene rings is 2. The number of rotatable bonds is 5. The molecule has 0 saturated heterocycles. The van der Waals surface area contributed by atoms with Gasteiger partial charge in [0.15, 0.2) is 5.78 Å². The molecule has 0 radical (unpaired) electrons. The molecule has 0 aromatic heterocycles. The maximum Gasteiger partial charge on any atom is 0.310 e. The van der Waals surface area contributed by atoms with Gasteiger partial charge < -0.3 is 10.2 Å². The van der Waals surface area contributed by atoms with Gasteiger partial charge >= 0.3 is 5.97 Å². The van der Waals surface area contributed by atoms with Crippen LogP contribution in [0.1, 0.15) is 34.3 Å². The van der Waals surface area contributed by atoms with Crippen LogP contribution in [0.3, 0.4) is 0 Å². The summed E-state index contributed by atoms with van der Waals surface area (Å²) in [5, 5.41) is 19.0. The molecule has 118 valence electrons. The van der Waals surface area contributed by atoms with Crippen LogP contribution in [-0.4, -0.2) is 22.0 Å². The van der Waals surface area contributed by atoms with Crippen LogP contribution in [0.4, 0.5) is 0 Å². The highest BCUT2D eigenvalue weighted by Crippen LogP contribution is 2.35. The first-order chi connectivity index (χ1) is 10.9. The molecular weight excluding hydrogens is 316 g/mol. The third kappa shape index (κ3) is 3.79. The van der Waals surface area contributed by atoms with E-state index in [9.17, 15) is 14.7 Å². The van der Waals surface area contributed by atoms with E-state index >= 15 is 0 Å². The van der Waals surface area contributed by atoms with Crippen molar-refractivity contribution < 1.29 is 19.8 Å². The lowest BCUT2D eigenvalue weighted by atomic mass is 9.97. The van der Waals surface area contributed by atoms with Crippen molar-refractivity contribution >= 4 is 29.4 Å². The quantitative estimate of drug-likeness (QED) is 0.638. The molecule has 0 fully saturated rings. The van der Waals surface area contributed by atoms with Crippen molar-refractivity contribution in [3.8, 4) is 5.75 Å². The van der Waals surface area contributed by atoms with E-state index in [-0.39, 0.29) is 16.1 Å². The molecule has 0 saturated carbocycles. The number of hydrogen-bond donors (Lipinski definition) is 2. The van der Waals surface area contributed by atoms with E-state index < -0.39 is 23.4 Å². The summed E-state index contributed by atoms with van der Waals surface area (Å²) in [6, 6.07) is 12.1. The molecule has 5 heteroatoms. The Hall–Kier alpha value is -2.59. The number of aromatic hydroxyl groups is 1. The maximum absolute atomic E-state index is 12.2. The SMILES string of the molecule is CC(C(=O)O)c1ccc(C(=O)/C=C/c2ccccc2)c(O)c1Cl. The highest BCUT2D eigenvalue weighted by Gasteiger charge is 2.22. The molecule has 0 aliphatic heterocycles. The maximum atomic E-state index is 12.2. The van der Waals surface area contributed by atoms with Crippen molar-refractivity contribution in [3.63, 3.8) is 0 Å². The molecule has 2 aromatic carbocycles. The Morgan fingerprint density at radius 3 is 2.39 bits per heavy atom. The Morgan fingerprint density at radius 2 is 1.78 bits per heavy atom. The second-order valence-corrected chi connectivity index (χ2v) is 5.41. The molecule has 2 aromatic rings. The van der Waals surface area contributed by atoms with E-state index in [1.165, 1.54) is 25.1 Å². The number of carbonyl (C=O) groups excluding carboxylic acids is 1. The number of hydrogen-bond acceptors (Lipinski definition) is 3. The van der Waals surface area contributed by atoms with E-state index in [1.54, 1.807) is 6.08 Å². The lowest BCUT2D eigenvalue weighted by Gasteiger charge is -2.12. The summed E-state index contributed by atoms with van der Waals surface area (Å²) in [7, 11) is 0. The van der Waals surface area contributed by atoms with Gasteiger partial charge in [-0.25, -0.2) is 0 Å². The van der Waals surface area contributed by atoms with E-state index in [0.717, 1.165) is 5.56 Å². The van der Waals surface area contributed by atoms with Crippen molar-refractivity contribution in [3.05, 3.63) is 70.3 Å². The molecule has 4 nitrogen and oxygen atoms in total. The predicted molar refractivity (Wildman–Crippen MR) is 89.0 cm³/mol. The molecule has 0 bridgehead atoms. The zero-order valence-corrected chi connectivity index (χ0v) is 13.1. The number of phenolic OH excluding ortho intramolecular Hbond substituents is 1. The highest BCUT2D eigenvalue weighted by atomic mass is 35.5. The molecule has 2 rings (SSSR count). The number of phenols is 1. The van der Waals surface area contributed by atoms with E-state index in [1.807, 2.05) is 30.3 Å². The monoisotopic (exact) mass is 330 g/mol. The summed E-state index contributed by atoms with van der Waals surface area (Å²) in [5.41, 5.74) is 1.14. The van der Waals surface area contributed by atoms with E-state index in [4.69, 9.17) is 16.7 Å². The van der Waals surface area contributed by atoms with Gasteiger partial charge in [0.2, 0.25) is 0 Å². The molecule has 2 N–H and O–H groups in total. The Bertz CT molecular complexity index is 766. The number of ketones is 1. The van der Waals surface area contributed by atoms with Crippen molar-refractivity contribution in [1.29, 1.82) is 0 Å². The predicted octanol–water partition coefficient (Wildman–Crippen LogP) is 4.13. The standard InChI is InChI=1S/C18H15ClO4/c1-11(18(22)23)13-8-9-14(17(21)16(13)19)15(20)10-7-12-5-3-2-4-6-12/h2-11,21H,1H3,(H,22,23)/b10-7+. The number of allylic oxidation sites excluding steroid dienone is 1. The number of carbonyl (C=O) groups is 2. The topological polar surface area (TPSA) is 74.6 Å². The minimum Gasteiger partial charge on any atom is -0.506 e. The first kappa shape index (κ1) is 16.8. The molecule has 0 aliphatic rings. The minimum absolute atomic E-state index is 0.0310. The molecule has 1 unspecified atom stereocenters. The lowest BCUT2D eigenvalue weighted by Crippen LogP contribution is -2.09. The Labute approximate surface area is 138 Å². The van der Waals surface area contributed by atoms with Crippen molar-refractivity contribution in [2.24, 2.45) is 0 Å². The van der Waals surface area contributed by atoms with Gasteiger partial charge in [-0.05, 0) is 30.2 Å². The summed E-state index contributed by atoms with van der Waals surface area (Å²) < 4.78 is 0. The van der Waals surface area contributed by atoms with Crippen LogP contribution in [0.25, 0.3) is 6.08 Å². The third-order valence-corrected chi connectivity index (χ3v) is 3.87. The molecule has 23 heavy (non-hydrogen) atoms. The van der Waals surface area contributed by atoms with Crippen LogP contribution in [-0.2, 0) is 4.79 Å². The average molecular weight is 331 g/mol. The smallest absolute Gasteiger partial charge is 0.310 e. The molecule has 0 amide bonds. The first-order valence-electron chi connectivity index (χ1n) is 6.93. The van der Waals surface area contributed by atoms with Gasteiger partial charge in [0.25, 0.3) is 0 Å². The molecular formula is C18H15ClO4. The summed E-state index contributed by atoms with van der Waals surface area (Å²) in [4.78, 5) is 23.2. The van der Waals surface area contributed by atoms with Crippen molar-refractivity contribution in [1.82, 2.24) is 0 Å². The summed E-state index contributed by atoms with van der Waals surface area (Å²) in [6.07, 6.45) is 2.96. The fourth-order valence-corrected chi connectivity index (χ4v) is 2.40. The number of carboxylic acids is 1. The normalized spacial score (nSPS) is 12.3. The van der Waals surface area contributed by atoms with Gasteiger partial charge in [-0.15, -0.1) is 0 Å².